The van der Waals surface area contributed by atoms with E-state index in [1.54, 1.807) is 0 Å². The van der Waals surface area contributed by atoms with E-state index in [-0.39, 0.29) is 23.8 Å². The largest absolute Gasteiger partial charge is 0.490 e. The van der Waals surface area contributed by atoms with Crippen LogP contribution in [0.2, 0.25) is 0 Å². The van der Waals surface area contributed by atoms with Gasteiger partial charge in [-0.1, -0.05) is 19.9 Å². The molecule has 0 bridgehead atoms. The molecule has 0 spiro atoms. The molecular formula is C23H34N2O4. The van der Waals surface area contributed by atoms with Gasteiger partial charge in [-0.15, -0.1) is 0 Å². The molecule has 2 aliphatic rings. The molecule has 1 atom stereocenters. The number of nitrogens with one attached hydrogen (secondary N) is 1. The molecule has 6 heteroatoms. The average Bonchev–Trinajstić information content (AvgIpc) is 2.96. The molecule has 2 aliphatic heterocycles. The second kappa shape index (κ2) is 9.99. The third kappa shape index (κ3) is 5.87. The molecular weight excluding hydrogens is 368 g/mol. The molecule has 3 rings (SSSR count). The Morgan fingerprint density at radius 3 is 2.48 bits per heavy atom. The Bertz CT molecular complexity index is 711. The summed E-state index contributed by atoms with van der Waals surface area (Å²) >= 11 is 0. The lowest BCUT2D eigenvalue weighted by molar-refractivity contribution is -0.135. The lowest BCUT2D eigenvalue weighted by atomic mass is 9.94. The fourth-order valence-corrected chi connectivity index (χ4v) is 3.67. The topological polar surface area (TPSA) is 67.9 Å². The minimum atomic E-state index is 0.0157. The third-order valence-electron chi connectivity index (χ3n) is 6.03. The van der Waals surface area contributed by atoms with Gasteiger partial charge in [0.15, 0.2) is 11.5 Å². The van der Waals surface area contributed by atoms with Crippen molar-refractivity contribution in [1.29, 1.82) is 0 Å². The Hall–Kier alpha value is -2.24. The van der Waals surface area contributed by atoms with E-state index in [1.165, 1.54) is 0 Å². The van der Waals surface area contributed by atoms with E-state index < -0.39 is 0 Å². The van der Waals surface area contributed by atoms with Crippen molar-refractivity contribution in [2.45, 2.75) is 58.9 Å². The summed E-state index contributed by atoms with van der Waals surface area (Å²) in [5, 5.41) is 3.10. The van der Waals surface area contributed by atoms with E-state index >= 15 is 0 Å². The number of hydrogen-bond donors (Lipinski definition) is 1. The van der Waals surface area contributed by atoms with Crippen LogP contribution in [0.1, 0.15) is 52.0 Å². The average molecular weight is 403 g/mol. The first-order chi connectivity index (χ1) is 13.9. The fourth-order valence-electron chi connectivity index (χ4n) is 3.67. The first-order valence-electron chi connectivity index (χ1n) is 10.9. The van der Waals surface area contributed by atoms with Gasteiger partial charge in [0, 0.05) is 37.9 Å². The van der Waals surface area contributed by atoms with Crippen LogP contribution < -0.4 is 14.8 Å². The normalized spacial score (nSPS) is 18.3. The van der Waals surface area contributed by atoms with Crippen molar-refractivity contribution in [3.8, 4) is 11.5 Å². The van der Waals surface area contributed by atoms with Crippen LogP contribution in [0, 0.1) is 11.8 Å². The van der Waals surface area contributed by atoms with Gasteiger partial charge in [0.2, 0.25) is 11.8 Å². The highest BCUT2D eigenvalue weighted by Crippen LogP contribution is 2.31. The number of amides is 2. The van der Waals surface area contributed by atoms with E-state index in [0.717, 1.165) is 36.3 Å². The number of rotatable bonds is 6. The van der Waals surface area contributed by atoms with Crippen molar-refractivity contribution in [3.05, 3.63) is 23.8 Å². The number of carbonyl (C=O) groups excluding carboxylic acids is 2. The molecule has 0 aliphatic carbocycles. The fraction of sp³-hybridized carbons (Fsp3) is 0.652. The predicted octanol–water partition coefficient (Wildman–Crippen LogP) is 3.18. The monoisotopic (exact) mass is 402 g/mol. The molecule has 2 heterocycles. The number of fused-ring (bicyclic) bond motifs is 1. The second-order valence-electron chi connectivity index (χ2n) is 8.53. The van der Waals surface area contributed by atoms with Crippen molar-refractivity contribution in [2.24, 2.45) is 11.8 Å². The molecule has 2 amide bonds. The van der Waals surface area contributed by atoms with Gasteiger partial charge in [0.1, 0.15) is 0 Å². The Labute approximate surface area is 173 Å². The highest BCUT2D eigenvalue weighted by molar-refractivity contribution is 5.80. The van der Waals surface area contributed by atoms with Crippen LogP contribution in [-0.2, 0) is 16.0 Å². The molecule has 1 aromatic rings. The van der Waals surface area contributed by atoms with Crippen molar-refractivity contribution < 1.29 is 19.1 Å². The quantitative estimate of drug-likeness (QED) is 0.794. The standard InChI is InChI=1S/C23H34N2O4/c1-16(2)17(3)24-23(27)19-9-11-25(12-10-19)22(26)8-6-18-5-7-20-21(15-18)29-14-4-13-28-20/h5,7,15-17,19H,4,6,8-14H2,1-3H3,(H,24,27). The molecule has 6 nitrogen and oxygen atoms in total. The van der Waals surface area contributed by atoms with Crippen molar-refractivity contribution in [1.82, 2.24) is 10.2 Å². The Kier molecular flexibility index (Phi) is 7.40. The van der Waals surface area contributed by atoms with Crippen LogP contribution in [0.25, 0.3) is 0 Å². The smallest absolute Gasteiger partial charge is 0.223 e. The molecule has 1 fully saturated rings. The minimum absolute atomic E-state index is 0.0157. The van der Waals surface area contributed by atoms with Crippen LogP contribution >= 0.6 is 0 Å². The summed E-state index contributed by atoms with van der Waals surface area (Å²) in [5.74, 6) is 2.28. The van der Waals surface area contributed by atoms with E-state index in [4.69, 9.17) is 9.47 Å². The first-order valence-corrected chi connectivity index (χ1v) is 10.9. The van der Waals surface area contributed by atoms with Gasteiger partial charge in [-0.05, 0) is 49.8 Å². The number of carbonyl (C=O) groups is 2. The van der Waals surface area contributed by atoms with E-state index in [9.17, 15) is 9.59 Å². The summed E-state index contributed by atoms with van der Waals surface area (Å²) in [6.07, 6.45) is 3.52. The summed E-state index contributed by atoms with van der Waals surface area (Å²) in [6.45, 7) is 8.91. The van der Waals surface area contributed by atoms with Gasteiger partial charge in [0.25, 0.3) is 0 Å². The highest BCUT2D eigenvalue weighted by Gasteiger charge is 2.28. The molecule has 0 aromatic heterocycles. The zero-order valence-electron chi connectivity index (χ0n) is 17.9. The van der Waals surface area contributed by atoms with E-state index in [0.29, 0.717) is 45.1 Å². The summed E-state index contributed by atoms with van der Waals surface area (Å²) in [6, 6.07) is 6.11. The van der Waals surface area contributed by atoms with Crippen LogP contribution in [0.5, 0.6) is 11.5 Å². The SMILES string of the molecule is CC(C)C(C)NC(=O)C1CCN(C(=O)CCc2ccc3c(c2)OCCCO3)CC1. The summed E-state index contributed by atoms with van der Waals surface area (Å²) < 4.78 is 11.4. The zero-order valence-corrected chi connectivity index (χ0v) is 17.9. The Morgan fingerprint density at radius 2 is 1.79 bits per heavy atom. The van der Waals surface area contributed by atoms with E-state index in [2.05, 4.69) is 19.2 Å². The van der Waals surface area contributed by atoms with Crippen molar-refractivity contribution in [3.63, 3.8) is 0 Å². The third-order valence-corrected chi connectivity index (χ3v) is 6.03. The Balaban J connectivity index is 1.44. The maximum Gasteiger partial charge on any atom is 0.223 e. The van der Waals surface area contributed by atoms with Crippen LogP contribution in [0.4, 0.5) is 0 Å². The van der Waals surface area contributed by atoms with Crippen LogP contribution in [-0.4, -0.2) is 49.1 Å². The molecule has 160 valence electrons. The van der Waals surface area contributed by atoms with Gasteiger partial charge in [-0.3, -0.25) is 9.59 Å². The number of nitrogens with zero attached hydrogens (tertiary/aromatic N) is 1. The lowest BCUT2D eigenvalue weighted by Gasteiger charge is -2.32. The van der Waals surface area contributed by atoms with E-state index in [1.807, 2.05) is 30.0 Å². The number of aryl methyl sites for hydroxylation is 1. The van der Waals surface area contributed by atoms with Gasteiger partial charge < -0.3 is 19.7 Å². The molecule has 1 saturated heterocycles. The number of ether oxygens (including phenoxy) is 2. The maximum atomic E-state index is 12.6. The van der Waals surface area contributed by atoms with Gasteiger partial charge in [-0.2, -0.15) is 0 Å². The van der Waals surface area contributed by atoms with Gasteiger partial charge >= 0.3 is 0 Å². The summed E-state index contributed by atoms with van der Waals surface area (Å²) in [4.78, 5) is 26.9. The van der Waals surface area contributed by atoms with Gasteiger partial charge in [-0.25, -0.2) is 0 Å². The van der Waals surface area contributed by atoms with Crippen LogP contribution in [0.15, 0.2) is 18.2 Å². The number of hydrogen-bond acceptors (Lipinski definition) is 4. The first kappa shape index (κ1) is 21.5. The number of likely N-dealkylation sites (tertiary alicyclic amines) is 1. The van der Waals surface area contributed by atoms with Gasteiger partial charge in [0.05, 0.1) is 13.2 Å². The number of piperidine rings is 1. The molecule has 1 unspecified atom stereocenters. The molecule has 0 radical (unpaired) electrons. The molecule has 0 saturated carbocycles. The molecule has 1 aromatic carbocycles. The van der Waals surface area contributed by atoms with Crippen molar-refractivity contribution in [2.75, 3.05) is 26.3 Å². The number of benzene rings is 1. The molecule has 29 heavy (non-hydrogen) atoms. The summed E-state index contributed by atoms with van der Waals surface area (Å²) in [5.41, 5.74) is 1.08. The predicted molar refractivity (Wildman–Crippen MR) is 112 cm³/mol. The lowest BCUT2D eigenvalue weighted by Crippen LogP contribution is -2.45. The molecule has 1 N–H and O–H groups in total. The second-order valence-corrected chi connectivity index (χ2v) is 8.53. The minimum Gasteiger partial charge on any atom is -0.490 e. The Morgan fingerprint density at radius 1 is 1.10 bits per heavy atom. The highest BCUT2D eigenvalue weighted by atomic mass is 16.5. The summed E-state index contributed by atoms with van der Waals surface area (Å²) in [7, 11) is 0. The zero-order chi connectivity index (χ0) is 20.8. The maximum absolute atomic E-state index is 12.6. The van der Waals surface area contributed by atoms with Crippen molar-refractivity contribution >= 4 is 11.8 Å². The van der Waals surface area contributed by atoms with Crippen LogP contribution in [0.3, 0.4) is 0 Å².